The zero-order valence-corrected chi connectivity index (χ0v) is 11.0. The molecular weight excluding hydrogens is 208 g/mol. The highest BCUT2D eigenvalue weighted by molar-refractivity contribution is 5.29. The van der Waals surface area contributed by atoms with Gasteiger partial charge >= 0.3 is 0 Å². The van der Waals surface area contributed by atoms with Gasteiger partial charge in [0.15, 0.2) is 0 Å². The molecule has 94 valence electrons. The van der Waals surface area contributed by atoms with Crippen LogP contribution in [0.2, 0.25) is 0 Å². The topological polar surface area (TPSA) is 29.3 Å². The Morgan fingerprint density at radius 3 is 2.65 bits per heavy atom. The van der Waals surface area contributed by atoms with Gasteiger partial charge in [-0.25, -0.2) is 0 Å². The van der Waals surface area contributed by atoms with Gasteiger partial charge in [0.25, 0.3) is 0 Å². The van der Waals surface area contributed by atoms with Gasteiger partial charge in [-0.05, 0) is 29.9 Å². The summed E-state index contributed by atoms with van der Waals surface area (Å²) in [6.45, 7) is 7.74. The predicted molar refractivity (Wildman–Crippen MR) is 72.9 cm³/mol. The smallest absolute Gasteiger partial charge is 0.0237 e. The van der Waals surface area contributed by atoms with Crippen LogP contribution in [-0.2, 0) is 13.0 Å². The van der Waals surface area contributed by atoms with Crippen LogP contribution in [0.25, 0.3) is 0 Å². The van der Waals surface area contributed by atoms with E-state index < -0.39 is 0 Å². The number of benzene rings is 1. The van der Waals surface area contributed by atoms with E-state index in [1.54, 1.807) is 0 Å². The van der Waals surface area contributed by atoms with Gasteiger partial charge in [0.2, 0.25) is 0 Å². The molecule has 1 aliphatic rings. The highest BCUT2D eigenvalue weighted by atomic mass is 15.1. The second-order valence-electron chi connectivity index (χ2n) is 5.64. The van der Waals surface area contributed by atoms with Gasteiger partial charge in [0.05, 0.1) is 0 Å². The van der Waals surface area contributed by atoms with Crippen LogP contribution in [0.15, 0.2) is 24.3 Å². The van der Waals surface area contributed by atoms with Crippen LogP contribution in [0.4, 0.5) is 0 Å². The number of nitrogens with zero attached hydrogens (tertiary/aromatic N) is 1. The molecule has 2 heteroatoms. The average Bonchev–Trinajstić information content (AvgIpc) is 2.27. The fourth-order valence-electron chi connectivity index (χ4n) is 2.72. The summed E-state index contributed by atoms with van der Waals surface area (Å²) in [6, 6.07) is 9.09. The van der Waals surface area contributed by atoms with E-state index in [9.17, 15) is 0 Å². The van der Waals surface area contributed by atoms with E-state index in [0.29, 0.717) is 12.0 Å². The summed E-state index contributed by atoms with van der Waals surface area (Å²) in [5.41, 5.74) is 9.18. The maximum atomic E-state index is 6.18. The Morgan fingerprint density at radius 2 is 1.94 bits per heavy atom. The minimum atomic E-state index is 0.320. The van der Waals surface area contributed by atoms with Gasteiger partial charge < -0.3 is 5.73 Å². The lowest BCUT2D eigenvalue weighted by Crippen LogP contribution is -2.40. The number of nitrogens with two attached hydrogens (primary N) is 1. The zero-order valence-electron chi connectivity index (χ0n) is 11.0. The predicted octanol–water partition coefficient (Wildman–Crippen LogP) is 2.42. The van der Waals surface area contributed by atoms with Crippen LogP contribution >= 0.6 is 0 Å². The van der Waals surface area contributed by atoms with Gasteiger partial charge in [0.1, 0.15) is 0 Å². The van der Waals surface area contributed by atoms with E-state index in [1.807, 2.05) is 0 Å². The van der Waals surface area contributed by atoms with Crippen LogP contribution < -0.4 is 5.73 Å². The molecule has 2 N–H and O–H groups in total. The molecule has 0 amide bonds. The molecule has 17 heavy (non-hydrogen) atoms. The Kier molecular flexibility index (Phi) is 4.19. The first-order valence-corrected chi connectivity index (χ1v) is 6.70. The van der Waals surface area contributed by atoms with Crippen LogP contribution in [0.3, 0.4) is 0 Å². The Morgan fingerprint density at radius 1 is 1.24 bits per heavy atom. The summed E-state index contributed by atoms with van der Waals surface area (Å²) in [7, 11) is 0. The molecule has 1 heterocycles. The van der Waals surface area contributed by atoms with E-state index in [4.69, 9.17) is 5.73 Å². The molecule has 0 spiro atoms. The SMILES string of the molecule is CC(C)C[C@H](N)CN1CCc2ccccc2C1. The van der Waals surface area contributed by atoms with Crippen molar-refractivity contribution in [1.29, 1.82) is 0 Å². The van der Waals surface area contributed by atoms with Gasteiger partial charge in [-0.1, -0.05) is 38.1 Å². The summed E-state index contributed by atoms with van der Waals surface area (Å²) < 4.78 is 0. The lowest BCUT2D eigenvalue weighted by molar-refractivity contribution is 0.229. The van der Waals surface area contributed by atoms with Crippen molar-refractivity contribution in [1.82, 2.24) is 4.90 Å². The quantitative estimate of drug-likeness (QED) is 0.864. The van der Waals surface area contributed by atoms with Gasteiger partial charge in [-0.3, -0.25) is 4.90 Å². The summed E-state index contributed by atoms with van der Waals surface area (Å²) in [6.07, 6.45) is 2.29. The Labute approximate surface area is 105 Å². The number of hydrogen-bond donors (Lipinski definition) is 1. The van der Waals surface area contributed by atoms with Crippen molar-refractivity contribution in [2.75, 3.05) is 13.1 Å². The molecule has 0 saturated heterocycles. The van der Waals surface area contributed by atoms with Crippen LogP contribution in [0.1, 0.15) is 31.4 Å². The molecule has 0 fully saturated rings. The molecular formula is C15H24N2. The monoisotopic (exact) mass is 232 g/mol. The fourth-order valence-corrected chi connectivity index (χ4v) is 2.72. The molecule has 2 rings (SSSR count). The molecule has 0 aliphatic carbocycles. The third-order valence-corrected chi connectivity index (χ3v) is 3.48. The van der Waals surface area contributed by atoms with Crippen LogP contribution in [0.5, 0.6) is 0 Å². The van der Waals surface area contributed by atoms with E-state index in [2.05, 4.69) is 43.0 Å². The Bertz CT molecular complexity index is 360. The van der Waals surface area contributed by atoms with E-state index in [0.717, 1.165) is 26.1 Å². The van der Waals surface area contributed by atoms with Crippen LogP contribution in [0, 0.1) is 5.92 Å². The van der Waals surface area contributed by atoms with Gasteiger partial charge in [-0.15, -0.1) is 0 Å². The molecule has 2 nitrogen and oxygen atoms in total. The maximum absolute atomic E-state index is 6.18. The van der Waals surface area contributed by atoms with Crippen molar-refractivity contribution in [3.05, 3.63) is 35.4 Å². The highest BCUT2D eigenvalue weighted by Gasteiger charge is 2.17. The number of fused-ring (bicyclic) bond motifs is 1. The molecule has 0 unspecified atom stereocenters. The first-order chi connectivity index (χ1) is 8.15. The highest BCUT2D eigenvalue weighted by Crippen LogP contribution is 2.18. The molecule has 1 aromatic rings. The molecule has 0 radical (unpaired) electrons. The van der Waals surface area contributed by atoms with Crippen molar-refractivity contribution in [3.8, 4) is 0 Å². The van der Waals surface area contributed by atoms with Crippen molar-refractivity contribution >= 4 is 0 Å². The summed E-state index contributed by atoms with van der Waals surface area (Å²) in [5, 5.41) is 0. The standard InChI is InChI=1S/C15H24N2/c1-12(2)9-15(16)11-17-8-7-13-5-3-4-6-14(13)10-17/h3-6,12,15H,7-11,16H2,1-2H3/t15-/m0/s1. The minimum Gasteiger partial charge on any atom is -0.327 e. The number of rotatable bonds is 4. The number of hydrogen-bond acceptors (Lipinski definition) is 2. The van der Waals surface area contributed by atoms with Crippen molar-refractivity contribution in [3.63, 3.8) is 0 Å². The third-order valence-electron chi connectivity index (χ3n) is 3.48. The first-order valence-electron chi connectivity index (χ1n) is 6.70. The van der Waals surface area contributed by atoms with Gasteiger partial charge in [0, 0.05) is 25.7 Å². The molecule has 0 bridgehead atoms. The normalized spacial score (nSPS) is 18.1. The van der Waals surface area contributed by atoms with E-state index >= 15 is 0 Å². The van der Waals surface area contributed by atoms with Gasteiger partial charge in [-0.2, -0.15) is 0 Å². The summed E-state index contributed by atoms with van der Waals surface area (Å²) in [5.74, 6) is 0.696. The first kappa shape index (κ1) is 12.6. The average molecular weight is 232 g/mol. The Balaban J connectivity index is 1.90. The molecule has 1 aliphatic heterocycles. The van der Waals surface area contributed by atoms with Crippen molar-refractivity contribution in [2.24, 2.45) is 11.7 Å². The molecule has 0 aromatic heterocycles. The Hall–Kier alpha value is -0.860. The lowest BCUT2D eigenvalue weighted by Gasteiger charge is -2.31. The fraction of sp³-hybridized carbons (Fsp3) is 0.600. The molecule has 1 atom stereocenters. The summed E-state index contributed by atoms with van der Waals surface area (Å²) >= 11 is 0. The van der Waals surface area contributed by atoms with Crippen LogP contribution in [-0.4, -0.2) is 24.0 Å². The van der Waals surface area contributed by atoms with Crippen molar-refractivity contribution < 1.29 is 0 Å². The summed E-state index contributed by atoms with van der Waals surface area (Å²) in [4.78, 5) is 2.50. The van der Waals surface area contributed by atoms with E-state index in [-0.39, 0.29) is 0 Å². The van der Waals surface area contributed by atoms with E-state index in [1.165, 1.54) is 17.5 Å². The maximum Gasteiger partial charge on any atom is 0.0237 e. The largest absolute Gasteiger partial charge is 0.327 e. The second-order valence-corrected chi connectivity index (χ2v) is 5.64. The lowest BCUT2D eigenvalue weighted by atomic mass is 9.98. The molecule has 1 aromatic carbocycles. The minimum absolute atomic E-state index is 0.320. The third kappa shape index (κ3) is 3.55. The molecule has 0 saturated carbocycles. The van der Waals surface area contributed by atoms with Crippen molar-refractivity contribution in [2.45, 2.75) is 39.3 Å². The zero-order chi connectivity index (χ0) is 12.3. The second kappa shape index (κ2) is 5.65.